The lowest BCUT2D eigenvalue weighted by Gasteiger charge is -2.06. The van der Waals surface area contributed by atoms with E-state index < -0.39 is 0 Å². The number of nitrogens with two attached hydrogens (primary N) is 1. The maximum absolute atomic E-state index is 11.9. The van der Waals surface area contributed by atoms with Gasteiger partial charge in [0, 0.05) is 22.7 Å². The van der Waals surface area contributed by atoms with Gasteiger partial charge in [-0.3, -0.25) is 4.79 Å². The Kier molecular flexibility index (Phi) is 3.89. The van der Waals surface area contributed by atoms with Crippen LogP contribution in [0, 0.1) is 0 Å². The zero-order chi connectivity index (χ0) is 13.0. The zero-order valence-corrected chi connectivity index (χ0v) is 10.7. The molecule has 92 valence electrons. The molecule has 2 aromatic carbocycles. The second kappa shape index (κ2) is 5.60. The van der Waals surface area contributed by atoms with E-state index >= 15 is 0 Å². The summed E-state index contributed by atoms with van der Waals surface area (Å²) in [4.78, 5) is 12.6. The molecule has 2 rings (SSSR count). The van der Waals surface area contributed by atoms with Gasteiger partial charge in [0.15, 0.2) is 0 Å². The van der Waals surface area contributed by atoms with Gasteiger partial charge >= 0.3 is 0 Å². The van der Waals surface area contributed by atoms with Crippen LogP contribution in [0.2, 0.25) is 0 Å². The van der Waals surface area contributed by atoms with E-state index in [4.69, 9.17) is 5.73 Å². The minimum Gasteiger partial charge on any atom is -0.399 e. The van der Waals surface area contributed by atoms with Crippen LogP contribution < -0.4 is 11.1 Å². The van der Waals surface area contributed by atoms with E-state index in [0.29, 0.717) is 22.7 Å². The summed E-state index contributed by atoms with van der Waals surface area (Å²) in [5.41, 5.74) is 7.79. The van der Waals surface area contributed by atoms with Crippen molar-refractivity contribution in [3.05, 3.63) is 59.7 Å². The van der Waals surface area contributed by atoms with Gasteiger partial charge in [0.05, 0.1) is 0 Å². The summed E-state index contributed by atoms with van der Waals surface area (Å²) in [5, 5.41) is 2.84. The number of nitrogen functional groups attached to an aromatic ring is 1. The summed E-state index contributed by atoms with van der Waals surface area (Å²) in [5.74, 6) is -0.151. The third-order valence-electron chi connectivity index (χ3n) is 2.50. The van der Waals surface area contributed by atoms with Crippen LogP contribution in [0.5, 0.6) is 0 Å². The third kappa shape index (κ3) is 3.28. The summed E-state index contributed by atoms with van der Waals surface area (Å²) in [7, 11) is 0. The van der Waals surface area contributed by atoms with Crippen LogP contribution in [0.1, 0.15) is 15.9 Å². The van der Waals surface area contributed by atoms with E-state index in [0.717, 1.165) is 5.56 Å². The minimum absolute atomic E-state index is 0.151. The lowest BCUT2D eigenvalue weighted by Crippen LogP contribution is -2.22. The van der Waals surface area contributed by atoms with Crippen LogP contribution in [0.25, 0.3) is 0 Å². The Hall–Kier alpha value is -1.94. The number of rotatable bonds is 3. The molecule has 0 saturated heterocycles. The van der Waals surface area contributed by atoms with Crippen LogP contribution in [0.3, 0.4) is 0 Å². The van der Waals surface area contributed by atoms with E-state index in [2.05, 4.69) is 17.9 Å². The average Bonchev–Trinajstić information content (AvgIpc) is 2.36. The van der Waals surface area contributed by atoms with Gasteiger partial charge in [-0.15, -0.1) is 12.6 Å². The predicted octanol–water partition coefficient (Wildman–Crippen LogP) is 2.49. The monoisotopic (exact) mass is 258 g/mol. The number of carbonyl (C=O) groups is 1. The number of amides is 1. The van der Waals surface area contributed by atoms with Crippen molar-refractivity contribution in [1.29, 1.82) is 0 Å². The lowest BCUT2D eigenvalue weighted by molar-refractivity contribution is 0.0950. The largest absolute Gasteiger partial charge is 0.399 e. The van der Waals surface area contributed by atoms with Crippen molar-refractivity contribution in [2.24, 2.45) is 0 Å². The fourth-order valence-corrected chi connectivity index (χ4v) is 1.93. The molecule has 3 nitrogen and oxygen atoms in total. The summed E-state index contributed by atoms with van der Waals surface area (Å²) in [6.45, 7) is 0.496. The second-order valence-corrected chi connectivity index (χ2v) is 4.50. The summed E-state index contributed by atoms with van der Waals surface area (Å²) in [6, 6.07) is 14.8. The molecule has 0 atom stereocenters. The minimum atomic E-state index is -0.151. The molecular weight excluding hydrogens is 244 g/mol. The maximum Gasteiger partial charge on any atom is 0.251 e. The Labute approximate surface area is 111 Å². The first-order valence-electron chi connectivity index (χ1n) is 5.57. The SMILES string of the molecule is Nc1cc(S)cc(C(=O)NCc2ccccc2)c1. The molecule has 0 spiro atoms. The molecule has 1 amide bonds. The Morgan fingerprint density at radius 3 is 2.56 bits per heavy atom. The lowest BCUT2D eigenvalue weighted by atomic mass is 10.1. The zero-order valence-electron chi connectivity index (χ0n) is 9.76. The van der Waals surface area contributed by atoms with Crippen LogP contribution in [-0.2, 0) is 6.54 Å². The van der Waals surface area contributed by atoms with Crippen molar-refractivity contribution in [2.45, 2.75) is 11.4 Å². The Bertz CT molecular complexity index is 535. The highest BCUT2D eigenvalue weighted by Crippen LogP contribution is 2.15. The number of hydrogen-bond donors (Lipinski definition) is 3. The van der Waals surface area contributed by atoms with Crippen LogP contribution in [-0.4, -0.2) is 5.91 Å². The number of anilines is 1. The van der Waals surface area contributed by atoms with Gasteiger partial charge in [-0.2, -0.15) is 0 Å². The Morgan fingerprint density at radius 2 is 1.89 bits per heavy atom. The van der Waals surface area contributed by atoms with Crippen molar-refractivity contribution < 1.29 is 4.79 Å². The highest BCUT2D eigenvalue weighted by molar-refractivity contribution is 7.80. The fraction of sp³-hybridized carbons (Fsp3) is 0.0714. The Morgan fingerprint density at radius 1 is 1.17 bits per heavy atom. The second-order valence-electron chi connectivity index (χ2n) is 3.98. The molecule has 3 N–H and O–H groups in total. The first-order chi connectivity index (χ1) is 8.65. The highest BCUT2D eigenvalue weighted by atomic mass is 32.1. The fourth-order valence-electron chi connectivity index (χ4n) is 1.65. The molecule has 0 bridgehead atoms. The topological polar surface area (TPSA) is 55.1 Å². The van der Waals surface area contributed by atoms with Crippen LogP contribution >= 0.6 is 12.6 Å². The van der Waals surface area contributed by atoms with Gasteiger partial charge in [-0.25, -0.2) is 0 Å². The van der Waals surface area contributed by atoms with Crippen molar-refractivity contribution in [1.82, 2.24) is 5.32 Å². The molecule has 0 heterocycles. The molecule has 0 fully saturated rings. The molecule has 4 heteroatoms. The number of nitrogens with one attached hydrogen (secondary N) is 1. The average molecular weight is 258 g/mol. The number of benzene rings is 2. The number of hydrogen-bond acceptors (Lipinski definition) is 3. The molecule has 0 saturated carbocycles. The normalized spacial score (nSPS) is 10.1. The molecule has 0 aliphatic rings. The van der Waals surface area contributed by atoms with Gasteiger partial charge in [-0.1, -0.05) is 30.3 Å². The summed E-state index contributed by atoms with van der Waals surface area (Å²) >= 11 is 4.20. The van der Waals surface area contributed by atoms with Gasteiger partial charge in [0.1, 0.15) is 0 Å². The number of thiol groups is 1. The predicted molar refractivity (Wildman–Crippen MR) is 75.7 cm³/mol. The van der Waals surface area contributed by atoms with Crippen molar-refractivity contribution in [2.75, 3.05) is 5.73 Å². The number of carbonyl (C=O) groups excluding carboxylic acids is 1. The molecular formula is C14H14N2OS. The van der Waals surface area contributed by atoms with Gasteiger partial charge < -0.3 is 11.1 Å². The van der Waals surface area contributed by atoms with Crippen molar-refractivity contribution in [3.63, 3.8) is 0 Å². The standard InChI is InChI=1S/C14H14N2OS/c15-12-6-11(7-13(18)8-12)14(17)16-9-10-4-2-1-3-5-10/h1-8,18H,9,15H2,(H,16,17). The molecule has 0 aromatic heterocycles. The van der Waals surface area contributed by atoms with E-state index in [-0.39, 0.29) is 5.91 Å². The third-order valence-corrected chi connectivity index (χ3v) is 2.76. The molecule has 0 aliphatic heterocycles. The molecule has 0 radical (unpaired) electrons. The van der Waals surface area contributed by atoms with Gasteiger partial charge in [0.2, 0.25) is 0 Å². The maximum atomic E-state index is 11.9. The first-order valence-corrected chi connectivity index (χ1v) is 6.01. The smallest absolute Gasteiger partial charge is 0.251 e. The Balaban J connectivity index is 2.04. The summed E-state index contributed by atoms with van der Waals surface area (Å²) < 4.78 is 0. The first kappa shape index (κ1) is 12.5. The van der Waals surface area contributed by atoms with E-state index in [1.54, 1.807) is 18.2 Å². The van der Waals surface area contributed by atoms with Crippen molar-refractivity contribution in [3.8, 4) is 0 Å². The molecule has 0 unspecified atom stereocenters. The van der Waals surface area contributed by atoms with Gasteiger partial charge in [0.25, 0.3) is 5.91 Å². The van der Waals surface area contributed by atoms with E-state index in [1.807, 2.05) is 30.3 Å². The van der Waals surface area contributed by atoms with Crippen LogP contribution in [0.4, 0.5) is 5.69 Å². The quantitative estimate of drug-likeness (QED) is 0.585. The molecule has 0 aliphatic carbocycles. The van der Waals surface area contributed by atoms with E-state index in [9.17, 15) is 4.79 Å². The highest BCUT2D eigenvalue weighted by Gasteiger charge is 2.06. The van der Waals surface area contributed by atoms with E-state index in [1.165, 1.54) is 0 Å². The summed E-state index contributed by atoms with van der Waals surface area (Å²) in [6.07, 6.45) is 0. The van der Waals surface area contributed by atoms with Crippen molar-refractivity contribution >= 4 is 24.2 Å². The van der Waals surface area contributed by atoms with Crippen LogP contribution in [0.15, 0.2) is 53.4 Å². The molecule has 2 aromatic rings. The molecule has 18 heavy (non-hydrogen) atoms. The van der Waals surface area contributed by atoms with Gasteiger partial charge in [-0.05, 0) is 23.8 Å².